The van der Waals surface area contributed by atoms with Gasteiger partial charge in [0.2, 0.25) is 5.82 Å². The Morgan fingerprint density at radius 3 is 2.90 bits per heavy atom. The Balaban J connectivity index is 1.79. The molecule has 1 aromatic heterocycles. The van der Waals surface area contributed by atoms with Crippen LogP contribution in [-0.2, 0) is 19.8 Å². The Hall–Kier alpha value is -1.02. The van der Waals surface area contributed by atoms with E-state index in [1.165, 1.54) is 0 Å². The molecule has 0 radical (unpaired) electrons. The lowest BCUT2D eigenvalue weighted by molar-refractivity contribution is -0.118. The molecule has 112 valence electrons. The molecule has 3 rings (SSSR count). The molecule has 2 saturated heterocycles. The van der Waals surface area contributed by atoms with Gasteiger partial charge in [0.15, 0.2) is 0 Å². The van der Waals surface area contributed by atoms with E-state index in [1.54, 1.807) is 0 Å². The summed E-state index contributed by atoms with van der Waals surface area (Å²) in [6.45, 7) is 6.13. The van der Waals surface area contributed by atoms with Crippen molar-refractivity contribution in [3.63, 3.8) is 0 Å². The second-order valence-corrected chi connectivity index (χ2v) is 5.06. The highest BCUT2D eigenvalue weighted by molar-refractivity contribution is 5.04. The van der Waals surface area contributed by atoms with Crippen LogP contribution in [0.5, 0.6) is 0 Å². The van der Waals surface area contributed by atoms with Gasteiger partial charge in [-0.25, -0.2) is 0 Å². The molecule has 0 aromatic carbocycles. The molecule has 1 N–H and O–H groups in total. The summed E-state index contributed by atoms with van der Waals surface area (Å²) in [5, 5.41) is 7.38. The zero-order chi connectivity index (χ0) is 13.8. The van der Waals surface area contributed by atoms with Crippen LogP contribution < -0.4 is 5.32 Å². The molecule has 1 unspecified atom stereocenters. The Labute approximate surface area is 118 Å². The summed E-state index contributed by atoms with van der Waals surface area (Å²) in [7, 11) is 0. The highest BCUT2D eigenvalue weighted by atomic mass is 16.5. The van der Waals surface area contributed by atoms with Crippen LogP contribution in [0.15, 0.2) is 4.52 Å². The predicted octanol–water partition coefficient (Wildman–Crippen LogP) is 0.773. The topological polar surface area (TPSA) is 78.6 Å². The van der Waals surface area contributed by atoms with Crippen molar-refractivity contribution in [1.29, 1.82) is 0 Å². The van der Waals surface area contributed by atoms with Crippen LogP contribution in [-0.4, -0.2) is 49.7 Å². The Bertz CT molecular complexity index is 419. The minimum absolute atomic E-state index is 0.163. The molecule has 1 aromatic rings. The summed E-state index contributed by atoms with van der Waals surface area (Å²) in [6.07, 6.45) is 1.34. The molecule has 0 amide bonds. The van der Waals surface area contributed by atoms with E-state index in [-0.39, 0.29) is 6.10 Å². The molecule has 1 atom stereocenters. The predicted molar refractivity (Wildman–Crippen MR) is 69.2 cm³/mol. The maximum Gasteiger partial charge on any atom is 0.257 e. The molecule has 20 heavy (non-hydrogen) atoms. The summed E-state index contributed by atoms with van der Waals surface area (Å²) < 4.78 is 22.4. The molecule has 2 fully saturated rings. The Morgan fingerprint density at radius 2 is 2.20 bits per heavy atom. The minimum Gasteiger partial charge on any atom is -0.381 e. The van der Waals surface area contributed by atoms with Crippen molar-refractivity contribution >= 4 is 0 Å². The summed E-state index contributed by atoms with van der Waals surface area (Å²) in [6, 6.07) is 0. The maximum atomic E-state index is 5.94. The van der Waals surface area contributed by atoms with Crippen LogP contribution >= 0.6 is 0 Å². The van der Waals surface area contributed by atoms with Crippen molar-refractivity contribution in [1.82, 2.24) is 15.5 Å². The van der Waals surface area contributed by atoms with Crippen molar-refractivity contribution in [2.75, 3.05) is 39.5 Å². The van der Waals surface area contributed by atoms with E-state index < -0.39 is 5.60 Å². The van der Waals surface area contributed by atoms with Crippen LogP contribution in [0.1, 0.15) is 37.6 Å². The maximum absolute atomic E-state index is 5.94. The van der Waals surface area contributed by atoms with Gasteiger partial charge in [0.25, 0.3) is 5.89 Å². The monoisotopic (exact) mass is 283 g/mol. The number of rotatable bonds is 4. The van der Waals surface area contributed by atoms with E-state index in [4.69, 9.17) is 18.7 Å². The van der Waals surface area contributed by atoms with Crippen LogP contribution in [0.4, 0.5) is 0 Å². The fourth-order valence-electron chi connectivity index (χ4n) is 2.68. The van der Waals surface area contributed by atoms with Gasteiger partial charge in [0.05, 0.1) is 6.61 Å². The number of aromatic nitrogens is 2. The number of hydrogen-bond acceptors (Lipinski definition) is 7. The van der Waals surface area contributed by atoms with Gasteiger partial charge in [-0.05, 0) is 6.92 Å². The van der Waals surface area contributed by atoms with E-state index in [0.29, 0.717) is 44.7 Å². The smallest absolute Gasteiger partial charge is 0.257 e. The first-order valence-electron chi connectivity index (χ1n) is 7.22. The molecule has 3 heterocycles. The van der Waals surface area contributed by atoms with E-state index in [2.05, 4.69) is 15.5 Å². The fraction of sp³-hybridized carbons (Fsp3) is 0.846. The third-order valence-corrected chi connectivity index (χ3v) is 3.77. The fourth-order valence-corrected chi connectivity index (χ4v) is 2.68. The SMILES string of the molecule is CCOC1(c2noc(C3CNCCO3)n2)CCOCC1. The van der Waals surface area contributed by atoms with Crippen molar-refractivity contribution in [2.24, 2.45) is 0 Å². The molecule has 7 nitrogen and oxygen atoms in total. The van der Waals surface area contributed by atoms with Gasteiger partial charge >= 0.3 is 0 Å². The van der Waals surface area contributed by atoms with Crippen LogP contribution in [0.3, 0.4) is 0 Å². The first kappa shape index (κ1) is 13.9. The zero-order valence-corrected chi connectivity index (χ0v) is 11.8. The lowest BCUT2D eigenvalue weighted by atomic mass is 9.93. The van der Waals surface area contributed by atoms with Crippen molar-refractivity contribution in [3.05, 3.63) is 11.7 Å². The standard InChI is InChI=1S/C13H21N3O4/c1-2-19-13(3-6-17-7-4-13)12-15-11(20-16-12)10-9-14-5-8-18-10/h10,14H,2-9H2,1H3. The first-order chi connectivity index (χ1) is 9.84. The normalized spacial score (nSPS) is 26.6. The van der Waals surface area contributed by atoms with Gasteiger partial charge in [0.1, 0.15) is 11.7 Å². The molecule has 2 aliphatic rings. The third-order valence-electron chi connectivity index (χ3n) is 3.77. The first-order valence-corrected chi connectivity index (χ1v) is 7.22. The number of ether oxygens (including phenoxy) is 3. The molecule has 2 aliphatic heterocycles. The molecule has 0 bridgehead atoms. The van der Waals surface area contributed by atoms with E-state index in [1.807, 2.05) is 6.92 Å². The van der Waals surface area contributed by atoms with Gasteiger partial charge < -0.3 is 24.1 Å². The van der Waals surface area contributed by atoms with Gasteiger partial charge in [-0.15, -0.1) is 0 Å². The summed E-state index contributed by atoms with van der Waals surface area (Å²) in [4.78, 5) is 4.53. The highest BCUT2D eigenvalue weighted by Crippen LogP contribution is 2.35. The summed E-state index contributed by atoms with van der Waals surface area (Å²) >= 11 is 0. The average molecular weight is 283 g/mol. The summed E-state index contributed by atoms with van der Waals surface area (Å²) in [5.74, 6) is 1.14. The molecule has 0 aliphatic carbocycles. The largest absolute Gasteiger partial charge is 0.381 e. The second-order valence-electron chi connectivity index (χ2n) is 5.06. The Morgan fingerprint density at radius 1 is 1.35 bits per heavy atom. The number of hydrogen-bond donors (Lipinski definition) is 1. The number of morpholine rings is 1. The van der Waals surface area contributed by atoms with E-state index in [0.717, 1.165) is 19.4 Å². The van der Waals surface area contributed by atoms with E-state index >= 15 is 0 Å². The average Bonchev–Trinajstić information content (AvgIpc) is 3.00. The molecular weight excluding hydrogens is 262 g/mol. The van der Waals surface area contributed by atoms with Crippen molar-refractivity contribution < 1.29 is 18.7 Å². The minimum atomic E-state index is -0.475. The highest BCUT2D eigenvalue weighted by Gasteiger charge is 2.40. The molecule has 0 spiro atoms. The van der Waals surface area contributed by atoms with Crippen molar-refractivity contribution in [2.45, 2.75) is 31.5 Å². The number of nitrogens with zero attached hydrogens (tertiary/aromatic N) is 2. The van der Waals surface area contributed by atoms with Gasteiger partial charge in [-0.1, -0.05) is 5.16 Å². The quantitative estimate of drug-likeness (QED) is 0.874. The van der Waals surface area contributed by atoms with Gasteiger partial charge in [-0.3, -0.25) is 0 Å². The Kier molecular flexibility index (Phi) is 4.30. The molecule has 0 saturated carbocycles. The van der Waals surface area contributed by atoms with Gasteiger partial charge in [-0.2, -0.15) is 4.98 Å². The van der Waals surface area contributed by atoms with Crippen LogP contribution in [0.2, 0.25) is 0 Å². The number of nitrogens with one attached hydrogen (secondary N) is 1. The molecular formula is C13H21N3O4. The molecule has 7 heteroatoms. The lowest BCUT2D eigenvalue weighted by Crippen LogP contribution is -2.38. The van der Waals surface area contributed by atoms with Crippen LogP contribution in [0.25, 0.3) is 0 Å². The second kappa shape index (κ2) is 6.17. The van der Waals surface area contributed by atoms with Crippen molar-refractivity contribution in [3.8, 4) is 0 Å². The summed E-state index contributed by atoms with van der Waals surface area (Å²) in [5.41, 5.74) is -0.475. The van der Waals surface area contributed by atoms with E-state index in [9.17, 15) is 0 Å². The third kappa shape index (κ3) is 2.71. The lowest BCUT2D eigenvalue weighted by Gasteiger charge is -2.33. The zero-order valence-electron chi connectivity index (χ0n) is 11.8. The van der Waals surface area contributed by atoms with Gasteiger partial charge in [0, 0.05) is 45.8 Å². The van der Waals surface area contributed by atoms with Crippen LogP contribution in [0, 0.1) is 0 Å².